The lowest BCUT2D eigenvalue weighted by Gasteiger charge is -2.33. The van der Waals surface area contributed by atoms with E-state index >= 15 is 0 Å². The van der Waals surface area contributed by atoms with Crippen LogP contribution in [0.3, 0.4) is 0 Å². The largest absolute Gasteiger partial charge is 0.522 e. The van der Waals surface area contributed by atoms with Gasteiger partial charge >= 0.3 is 12.5 Å². The van der Waals surface area contributed by atoms with Gasteiger partial charge in [-0.1, -0.05) is 0 Å². The van der Waals surface area contributed by atoms with E-state index in [1.807, 2.05) is 0 Å². The van der Waals surface area contributed by atoms with Gasteiger partial charge in [-0.05, 0) is 49.9 Å². The van der Waals surface area contributed by atoms with Crippen LogP contribution < -0.4 is 10.1 Å². The van der Waals surface area contributed by atoms with E-state index in [-0.39, 0.29) is 55.5 Å². The van der Waals surface area contributed by atoms with E-state index in [4.69, 9.17) is 13.9 Å². The number of hydrogen-bond acceptors (Lipinski definition) is 7. The first-order chi connectivity index (χ1) is 16.5. The van der Waals surface area contributed by atoms with Crippen molar-refractivity contribution >= 4 is 5.91 Å². The monoisotopic (exact) mass is 509 g/mol. The van der Waals surface area contributed by atoms with Crippen LogP contribution in [0.5, 0.6) is 5.75 Å². The molecule has 1 aliphatic carbocycles. The number of ether oxygens (including phenoxy) is 3. The minimum atomic E-state index is -4.67. The summed E-state index contributed by atoms with van der Waals surface area (Å²) < 4.78 is 94.9. The van der Waals surface area contributed by atoms with Crippen molar-refractivity contribution in [1.29, 1.82) is 0 Å². The summed E-state index contributed by atoms with van der Waals surface area (Å²) in [4.78, 5) is 12.1. The molecule has 2 fully saturated rings. The molecular formula is C21H21F6N3O5. The highest BCUT2D eigenvalue weighted by atomic mass is 19.4. The molecule has 1 amide bonds. The minimum Gasteiger partial charge on any atom is -0.484 e. The number of benzene rings is 1. The second kappa shape index (κ2) is 10.0. The maximum absolute atomic E-state index is 12.6. The maximum Gasteiger partial charge on any atom is 0.522 e. The lowest BCUT2D eigenvalue weighted by molar-refractivity contribution is -0.352. The number of nitrogens with one attached hydrogen (secondary N) is 1. The molecule has 2 aliphatic rings. The maximum atomic E-state index is 12.6. The highest BCUT2D eigenvalue weighted by molar-refractivity contribution is 5.77. The molecule has 0 unspecified atom stereocenters. The van der Waals surface area contributed by atoms with Crippen molar-refractivity contribution < 1.29 is 49.8 Å². The summed E-state index contributed by atoms with van der Waals surface area (Å²) in [7, 11) is 0. The van der Waals surface area contributed by atoms with Crippen molar-refractivity contribution in [2.45, 2.75) is 62.4 Å². The van der Waals surface area contributed by atoms with E-state index in [1.165, 1.54) is 0 Å². The van der Waals surface area contributed by atoms with Gasteiger partial charge in [-0.25, -0.2) is 0 Å². The molecule has 35 heavy (non-hydrogen) atoms. The molecule has 0 radical (unpaired) electrons. The number of carbonyl (C=O) groups is 1. The Bertz CT molecular complexity index is 996. The van der Waals surface area contributed by atoms with Gasteiger partial charge in [0.05, 0.1) is 24.3 Å². The molecule has 8 nitrogen and oxygen atoms in total. The van der Waals surface area contributed by atoms with Gasteiger partial charge in [0, 0.05) is 5.92 Å². The summed E-state index contributed by atoms with van der Waals surface area (Å²) in [5.41, 5.74) is -0.816. The normalized spacial score (nSPS) is 25.1. The first-order valence-corrected chi connectivity index (χ1v) is 10.7. The van der Waals surface area contributed by atoms with Crippen LogP contribution in [0.1, 0.15) is 55.1 Å². The summed E-state index contributed by atoms with van der Waals surface area (Å²) in [6.07, 6.45) is -9.31. The Kier molecular flexibility index (Phi) is 7.22. The van der Waals surface area contributed by atoms with Crippen LogP contribution in [-0.2, 0) is 20.4 Å². The molecule has 2 heterocycles. The molecule has 2 atom stereocenters. The molecule has 1 aromatic heterocycles. The Labute approximate surface area is 194 Å². The molecule has 2 aromatic rings. The first-order valence-electron chi connectivity index (χ1n) is 10.7. The quantitative estimate of drug-likeness (QED) is 0.557. The van der Waals surface area contributed by atoms with E-state index < -0.39 is 36.2 Å². The predicted molar refractivity (Wildman–Crippen MR) is 104 cm³/mol. The number of rotatable bonds is 7. The smallest absolute Gasteiger partial charge is 0.484 e. The zero-order chi connectivity index (χ0) is 25.2. The number of carbonyl (C=O) groups excluding carboxylic acids is 1. The molecule has 4 rings (SSSR count). The fourth-order valence-electron chi connectivity index (χ4n) is 3.81. The van der Waals surface area contributed by atoms with E-state index in [0.29, 0.717) is 12.8 Å². The van der Waals surface area contributed by atoms with Gasteiger partial charge in [0.25, 0.3) is 5.91 Å². The Morgan fingerprint density at radius 1 is 1.03 bits per heavy atom. The third-order valence-electron chi connectivity index (χ3n) is 5.67. The van der Waals surface area contributed by atoms with Gasteiger partial charge < -0.3 is 19.2 Å². The van der Waals surface area contributed by atoms with Crippen molar-refractivity contribution in [3.8, 4) is 5.75 Å². The van der Waals surface area contributed by atoms with Crippen LogP contribution >= 0.6 is 0 Å². The van der Waals surface area contributed by atoms with Gasteiger partial charge in [-0.2, -0.15) is 13.2 Å². The Morgan fingerprint density at radius 3 is 2.31 bits per heavy atom. The molecule has 0 spiro atoms. The summed E-state index contributed by atoms with van der Waals surface area (Å²) in [5.74, 6) is -0.179. The fraction of sp³-hybridized carbons (Fsp3) is 0.571. The number of aromatic nitrogens is 2. The van der Waals surface area contributed by atoms with Crippen molar-refractivity contribution in [3.63, 3.8) is 0 Å². The molecule has 192 valence electrons. The number of hydrogen-bond donors (Lipinski definition) is 1. The third kappa shape index (κ3) is 6.84. The zero-order valence-corrected chi connectivity index (χ0v) is 18.1. The summed E-state index contributed by atoms with van der Waals surface area (Å²) >= 11 is 0. The van der Waals surface area contributed by atoms with E-state index in [1.54, 1.807) is 0 Å². The third-order valence-corrected chi connectivity index (χ3v) is 5.67. The Hall–Kier alpha value is -2.87. The van der Waals surface area contributed by atoms with Crippen LogP contribution in [0.4, 0.5) is 26.3 Å². The molecule has 1 saturated heterocycles. The summed E-state index contributed by atoms with van der Waals surface area (Å²) in [6, 6.07) is 3.69. The van der Waals surface area contributed by atoms with E-state index in [2.05, 4.69) is 20.3 Å². The highest BCUT2D eigenvalue weighted by Crippen LogP contribution is 2.41. The molecule has 0 bridgehead atoms. The number of halogens is 6. The van der Waals surface area contributed by atoms with Crippen LogP contribution in [0.2, 0.25) is 0 Å². The van der Waals surface area contributed by atoms with Gasteiger partial charge in [-0.3, -0.25) is 9.53 Å². The highest BCUT2D eigenvalue weighted by Gasteiger charge is 2.43. The average molecular weight is 509 g/mol. The molecule has 1 N–H and O–H groups in total. The Morgan fingerprint density at radius 2 is 1.71 bits per heavy atom. The van der Waals surface area contributed by atoms with E-state index in [9.17, 15) is 31.1 Å². The van der Waals surface area contributed by atoms with Crippen LogP contribution in [0.15, 0.2) is 28.7 Å². The van der Waals surface area contributed by atoms with Gasteiger partial charge in [-0.15, -0.1) is 23.4 Å². The van der Waals surface area contributed by atoms with Gasteiger partial charge in [0.2, 0.25) is 11.8 Å². The lowest BCUT2D eigenvalue weighted by Crippen LogP contribution is -2.43. The Balaban J connectivity index is 1.17. The SMILES string of the molecule is O=C(COc1ccc(C(F)(F)F)cc1)N[C@@H]1CC[C@@H](c2nnc([C@H]3C[C@@H](OC(F)(F)F)C3)o2)OC1. The predicted octanol–water partition coefficient (Wildman–Crippen LogP) is 4.29. The second-order valence-electron chi connectivity index (χ2n) is 8.31. The zero-order valence-electron chi connectivity index (χ0n) is 18.1. The van der Waals surface area contributed by atoms with Gasteiger partial charge in [0.1, 0.15) is 11.9 Å². The number of nitrogens with zero attached hydrogens (tertiary/aromatic N) is 2. The topological polar surface area (TPSA) is 95.7 Å². The van der Waals surface area contributed by atoms with Crippen LogP contribution in [0, 0.1) is 0 Å². The standard InChI is InChI=1S/C21H21F6N3O5/c22-20(23,24)12-1-4-14(5-2-12)32-10-17(31)28-13-3-6-16(33-9-13)19-30-29-18(34-19)11-7-15(8-11)35-21(25,26)27/h1-2,4-5,11,13,15-16H,3,6-10H2,(H,28,31)/t11-,13-,15+,16+/m1/s1. The van der Waals surface area contributed by atoms with Crippen molar-refractivity contribution in [2.75, 3.05) is 13.2 Å². The van der Waals surface area contributed by atoms with E-state index in [0.717, 1.165) is 24.3 Å². The van der Waals surface area contributed by atoms with Crippen molar-refractivity contribution in [2.24, 2.45) is 0 Å². The first kappa shape index (κ1) is 25.2. The van der Waals surface area contributed by atoms with Crippen molar-refractivity contribution in [3.05, 3.63) is 41.6 Å². The molecule has 1 aromatic carbocycles. The molecular weight excluding hydrogens is 488 g/mol. The second-order valence-corrected chi connectivity index (χ2v) is 8.31. The minimum absolute atomic E-state index is 0.128. The molecule has 14 heteroatoms. The summed E-state index contributed by atoms with van der Waals surface area (Å²) in [6.45, 7) is -0.224. The van der Waals surface area contributed by atoms with Crippen LogP contribution in [-0.4, -0.2) is 47.8 Å². The fourth-order valence-corrected chi connectivity index (χ4v) is 3.81. The average Bonchev–Trinajstić information content (AvgIpc) is 3.24. The summed E-state index contributed by atoms with van der Waals surface area (Å²) in [5, 5.41) is 10.6. The van der Waals surface area contributed by atoms with Gasteiger partial charge in [0.15, 0.2) is 6.61 Å². The van der Waals surface area contributed by atoms with Crippen LogP contribution in [0.25, 0.3) is 0 Å². The number of amides is 1. The molecule has 1 saturated carbocycles. The number of alkyl halides is 6. The van der Waals surface area contributed by atoms with Crippen molar-refractivity contribution in [1.82, 2.24) is 15.5 Å². The lowest BCUT2D eigenvalue weighted by atomic mass is 9.82. The molecule has 1 aliphatic heterocycles.